The van der Waals surface area contributed by atoms with Crippen LogP contribution in [0.1, 0.15) is 45.7 Å². The van der Waals surface area contributed by atoms with Crippen LogP contribution < -0.4 is 11.2 Å². The van der Waals surface area contributed by atoms with Crippen molar-refractivity contribution in [2.24, 2.45) is 0 Å². The Bertz CT molecular complexity index is 564. The summed E-state index contributed by atoms with van der Waals surface area (Å²) in [4.78, 5) is 25.8. The molecule has 21 heavy (non-hydrogen) atoms. The van der Waals surface area contributed by atoms with Gasteiger partial charge < -0.3 is 9.47 Å². The van der Waals surface area contributed by atoms with Crippen LogP contribution in [0.2, 0.25) is 0 Å². The molecule has 4 atom stereocenters. The summed E-state index contributed by atoms with van der Waals surface area (Å²) in [5, 5.41) is 0. The molecule has 6 nitrogen and oxygen atoms in total. The summed E-state index contributed by atoms with van der Waals surface area (Å²) in [5.74, 6) is 0. The predicted octanol–water partition coefficient (Wildman–Crippen LogP) is 1.62. The quantitative estimate of drug-likeness (QED) is 0.830. The zero-order chi connectivity index (χ0) is 16.2. The zero-order valence-electron chi connectivity index (χ0n) is 13.7. The van der Waals surface area contributed by atoms with E-state index in [0.717, 1.165) is 6.42 Å². The van der Waals surface area contributed by atoms with Crippen LogP contribution in [0.4, 0.5) is 0 Å². The Kier molecular flexibility index (Phi) is 6.36. The summed E-state index contributed by atoms with van der Waals surface area (Å²) >= 11 is 0. The van der Waals surface area contributed by atoms with E-state index in [0.29, 0.717) is 5.56 Å². The first-order valence-corrected chi connectivity index (χ1v) is 7.32. The highest BCUT2D eigenvalue weighted by Gasteiger charge is 2.23. The van der Waals surface area contributed by atoms with Crippen molar-refractivity contribution in [3.05, 3.63) is 32.6 Å². The van der Waals surface area contributed by atoms with Crippen molar-refractivity contribution >= 4 is 0 Å². The molecule has 1 aromatic heterocycles. The van der Waals surface area contributed by atoms with Gasteiger partial charge in [0, 0.05) is 18.9 Å². The number of aromatic nitrogens is 2. The lowest BCUT2D eigenvalue weighted by molar-refractivity contribution is -0.0845. The van der Waals surface area contributed by atoms with Crippen molar-refractivity contribution in [3.63, 3.8) is 0 Å². The minimum absolute atomic E-state index is 0.0287. The third kappa shape index (κ3) is 4.28. The maximum atomic E-state index is 12.0. The largest absolute Gasteiger partial charge is 0.379 e. The molecule has 0 radical (unpaired) electrons. The second-order valence-electron chi connectivity index (χ2n) is 5.44. The number of H-pyrrole nitrogens is 1. The number of ether oxygens (including phenoxy) is 2. The molecule has 0 fully saturated rings. The van der Waals surface area contributed by atoms with Gasteiger partial charge in [-0.05, 0) is 34.1 Å². The van der Waals surface area contributed by atoms with Gasteiger partial charge in [-0.3, -0.25) is 14.3 Å². The van der Waals surface area contributed by atoms with Crippen molar-refractivity contribution in [2.75, 3.05) is 7.11 Å². The molecule has 1 heterocycles. The Balaban J connectivity index is 3.00. The van der Waals surface area contributed by atoms with Gasteiger partial charge in [0.05, 0.1) is 24.4 Å². The van der Waals surface area contributed by atoms with Crippen molar-refractivity contribution in [3.8, 4) is 0 Å². The first-order valence-electron chi connectivity index (χ1n) is 7.32. The number of methoxy groups -OCH3 is 1. The molecule has 0 amide bonds. The topological polar surface area (TPSA) is 73.3 Å². The van der Waals surface area contributed by atoms with Gasteiger partial charge in [0.2, 0.25) is 0 Å². The smallest absolute Gasteiger partial charge is 0.328 e. The van der Waals surface area contributed by atoms with E-state index in [4.69, 9.17) is 9.47 Å². The minimum Gasteiger partial charge on any atom is -0.379 e. The molecule has 1 N–H and O–H groups in total. The molecule has 4 unspecified atom stereocenters. The van der Waals surface area contributed by atoms with Crippen LogP contribution in [0.3, 0.4) is 0 Å². The lowest BCUT2D eigenvalue weighted by atomic mass is 10.1. The summed E-state index contributed by atoms with van der Waals surface area (Å²) in [7, 11) is 1.64. The molecule has 0 bridgehead atoms. The van der Waals surface area contributed by atoms with Gasteiger partial charge >= 0.3 is 5.69 Å². The fourth-order valence-corrected chi connectivity index (χ4v) is 2.32. The molecule has 0 aromatic carbocycles. The van der Waals surface area contributed by atoms with Crippen LogP contribution >= 0.6 is 0 Å². The second-order valence-corrected chi connectivity index (χ2v) is 5.44. The van der Waals surface area contributed by atoms with Crippen LogP contribution in [0, 0.1) is 6.92 Å². The Hall–Kier alpha value is -1.40. The molecular weight excluding hydrogens is 272 g/mol. The number of hydrogen-bond acceptors (Lipinski definition) is 4. The molecule has 1 aromatic rings. The number of hydrogen-bond donors (Lipinski definition) is 1. The molecule has 1 rings (SSSR count). The number of rotatable bonds is 7. The first-order chi connectivity index (χ1) is 9.81. The zero-order valence-corrected chi connectivity index (χ0v) is 13.7. The van der Waals surface area contributed by atoms with E-state index in [2.05, 4.69) is 4.98 Å². The highest BCUT2D eigenvalue weighted by atomic mass is 16.5. The van der Waals surface area contributed by atoms with Crippen LogP contribution in [0.25, 0.3) is 0 Å². The number of nitrogens with zero attached hydrogens (tertiary/aromatic N) is 1. The van der Waals surface area contributed by atoms with Crippen molar-refractivity contribution in [2.45, 2.75) is 65.4 Å². The summed E-state index contributed by atoms with van der Waals surface area (Å²) in [6.45, 7) is 9.48. The third-order valence-electron chi connectivity index (χ3n) is 3.93. The highest BCUT2D eigenvalue weighted by Crippen LogP contribution is 2.19. The monoisotopic (exact) mass is 298 g/mol. The standard InChI is InChI=1S/C15H26N2O4/c1-7-13(12(5)21-11(4)10(3)20-6)17-8-9(2)14(18)16-15(17)19/h8,10-13H,7H2,1-6H3,(H,16,18,19). The van der Waals surface area contributed by atoms with E-state index >= 15 is 0 Å². The molecular formula is C15H26N2O4. The molecule has 0 aliphatic carbocycles. The summed E-state index contributed by atoms with van der Waals surface area (Å²) in [6.07, 6.45) is 2.03. The first kappa shape index (κ1) is 17.7. The molecule has 0 spiro atoms. The molecule has 6 heteroatoms. The summed E-state index contributed by atoms with van der Waals surface area (Å²) in [5.41, 5.74) is -0.236. The lowest BCUT2D eigenvalue weighted by Crippen LogP contribution is -2.39. The van der Waals surface area contributed by atoms with Crippen LogP contribution in [0.5, 0.6) is 0 Å². The van der Waals surface area contributed by atoms with Crippen molar-refractivity contribution in [1.82, 2.24) is 9.55 Å². The van der Waals surface area contributed by atoms with E-state index in [1.54, 1.807) is 24.8 Å². The highest BCUT2D eigenvalue weighted by molar-refractivity contribution is 5.02. The van der Waals surface area contributed by atoms with Gasteiger partial charge in [-0.1, -0.05) is 6.92 Å². The van der Waals surface area contributed by atoms with E-state index in [9.17, 15) is 9.59 Å². The maximum Gasteiger partial charge on any atom is 0.328 e. The molecule has 0 saturated heterocycles. The number of aromatic amines is 1. The van der Waals surface area contributed by atoms with E-state index in [1.165, 1.54) is 0 Å². The fraction of sp³-hybridized carbons (Fsp3) is 0.733. The van der Waals surface area contributed by atoms with Crippen LogP contribution in [0.15, 0.2) is 15.8 Å². The van der Waals surface area contributed by atoms with Gasteiger partial charge in [-0.25, -0.2) is 4.79 Å². The Morgan fingerprint density at radius 2 is 1.81 bits per heavy atom. The lowest BCUT2D eigenvalue weighted by Gasteiger charge is -2.29. The van der Waals surface area contributed by atoms with Crippen molar-refractivity contribution < 1.29 is 9.47 Å². The number of aryl methyl sites for hydroxylation is 1. The summed E-state index contributed by atoms with van der Waals surface area (Å²) < 4.78 is 12.8. The van der Waals surface area contributed by atoms with Gasteiger partial charge in [-0.2, -0.15) is 0 Å². The SMILES string of the molecule is CCC(C(C)OC(C)C(C)OC)n1cc(C)c(=O)[nH]c1=O. The van der Waals surface area contributed by atoms with E-state index in [-0.39, 0.29) is 29.9 Å². The number of nitrogens with one attached hydrogen (secondary N) is 1. The van der Waals surface area contributed by atoms with Gasteiger partial charge in [0.1, 0.15) is 0 Å². The van der Waals surface area contributed by atoms with Gasteiger partial charge in [0.15, 0.2) is 0 Å². The predicted molar refractivity (Wildman–Crippen MR) is 81.9 cm³/mol. The third-order valence-corrected chi connectivity index (χ3v) is 3.93. The Labute approximate surface area is 125 Å². The second kappa shape index (κ2) is 7.56. The molecule has 0 saturated carbocycles. The minimum atomic E-state index is -0.402. The fourth-order valence-electron chi connectivity index (χ4n) is 2.32. The average molecular weight is 298 g/mol. The van der Waals surface area contributed by atoms with Gasteiger partial charge in [0.25, 0.3) is 5.56 Å². The average Bonchev–Trinajstić information content (AvgIpc) is 2.44. The van der Waals surface area contributed by atoms with Gasteiger partial charge in [-0.15, -0.1) is 0 Å². The summed E-state index contributed by atoms with van der Waals surface area (Å²) in [6, 6.07) is -0.139. The van der Waals surface area contributed by atoms with Crippen LogP contribution in [-0.2, 0) is 9.47 Å². The Morgan fingerprint density at radius 1 is 1.19 bits per heavy atom. The molecule has 0 aliphatic heterocycles. The van der Waals surface area contributed by atoms with E-state index in [1.807, 2.05) is 27.7 Å². The van der Waals surface area contributed by atoms with Crippen molar-refractivity contribution in [1.29, 1.82) is 0 Å². The molecule has 120 valence electrons. The maximum absolute atomic E-state index is 12.0. The molecule has 0 aliphatic rings. The van der Waals surface area contributed by atoms with E-state index < -0.39 is 5.69 Å². The normalized spacial score (nSPS) is 17.2. The Morgan fingerprint density at radius 3 is 2.33 bits per heavy atom. The van der Waals surface area contributed by atoms with Crippen LogP contribution in [-0.4, -0.2) is 35.0 Å².